The van der Waals surface area contributed by atoms with Gasteiger partial charge in [-0.3, -0.25) is 0 Å². The summed E-state index contributed by atoms with van der Waals surface area (Å²) >= 11 is 0. The minimum atomic E-state index is -1.09. The van der Waals surface area contributed by atoms with Gasteiger partial charge in [-0.1, -0.05) is 18.2 Å². The third-order valence-corrected chi connectivity index (χ3v) is 3.62. The van der Waals surface area contributed by atoms with Gasteiger partial charge in [0.15, 0.2) is 5.82 Å². The molecule has 0 amide bonds. The van der Waals surface area contributed by atoms with Gasteiger partial charge in [0.05, 0.1) is 23.8 Å². The van der Waals surface area contributed by atoms with Crippen molar-refractivity contribution in [2.75, 3.05) is 7.11 Å². The van der Waals surface area contributed by atoms with E-state index in [1.54, 1.807) is 24.3 Å². The first-order valence-electron chi connectivity index (χ1n) is 7.45. The van der Waals surface area contributed by atoms with Crippen LogP contribution in [0, 0.1) is 0 Å². The van der Waals surface area contributed by atoms with Crippen LogP contribution < -0.4 is 4.74 Å². The van der Waals surface area contributed by atoms with Crippen molar-refractivity contribution in [1.82, 2.24) is 4.98 Å². The summed E-state index contributed by atoms with van der Waals surface area (Å²) in [5.74, 6) is -1.84. The molecule has 3 rings (SSSR count). The van der Waals surface area contributed by atoms with Crippen LogP contribution in [0.3, 0.4) is 0 Å². The van der Waals surface area contributed by atoms with E-state index in [0.717, 1.165) is 0 Å². The van der Waals surface area contributed by atoms with Crippen LogP contribution in [-0.4, -0.2) is 34.2 Å². The van der Waals surface area contributed by atoms with Crippen molar-refractivity contribution in [3.05, 3.63) is 59.7 Å². The number of hydrogen-bond acceptors (Lipinski definition) is 6. The summed E-state index contributed by atoms with van der Waals surface area (Å²) in [6, 6.07) is 12.3. The first-order chi connectivity index (χ1) is 12.5. The third kappa shape index (κ3) is 3.34. The van der Waals surface area contributed by atoms with Crippen LogP contribution in [0.1, 0.15) is 20.7 Å². The molecule has 0 aliphatic heterocycles. The number of aromatic carboxylic acids is 2. The predicted octanol–water partition coefficient (Wildman–Crippen LogP) is 4.06. The SMILES string of the molecule is COc1cc(C(=O)O)ccc1N=Nc1cc(C(=O)O)c2ccccc2n1. The van der Waals surface area contributed by atoms with Crippen molar-refractivity contribution < 1.29 is 24.5 Å². The van der Waals surface area contributed by atoms with Crippen molar-refractivity contribution in [2.24, 2.45) is 10.2 Å². The zero-order chi connectivity index (χ0) is 18.7. The Labute approximate surface area is 147 Å². The van der Waals surface area contributed by atoms with Crippen LogP contribution in [0.4, 0.5) is 11.5 Å². The van der Waals surface area contributed by atoms with Crippen molar-refractivity contribution in [2.45, 2.75) is 0 Å². The fourth-order valence-corrected chi connectivity index (χ4v) is 2.39. The Kier molecular flexibility index (Phi) is 4.57. The van der Waals surface area contributed by atoms with Gasteiger partial charge in [0.1, 0.15) is 11.4 Å². The van der Waals surface area contributed by atoms with E-state index in [1.807, 2.05) is 0 Å². The molecule has 0 aliphatic carbocycles. The highest BCUT2D eigenvalue weighted by molar-refractivity contribution is 6.03. The maximum Gasteiger partial charge on any atom is 0.336 e. The number of hydrogen-bond donors (Lipinski definition) is 2. The molecule has 2 N–H and O–H groups in total. The van der Waals surface area contributed by atoms with E-state index in [-0.39, 0.29) is 22.7 Å². The monoisotopic (exact) mass is 351 g/mol. The summed E-state index contributed by atoms with van der Waals surface area (Å²) < 4.78 is 5.13. The molecule has 3 aromatic rings. The summed E-state index contributed by atoms with van der Waals surface area (Å²) in [5.41, 5.74) is 0.898. The molecule has 8 nitrogen and oxygen atoms in total. The molecule has 2 aromatic carbocycles. The molecule has 1 aromatic heterocycles. The number of methoxy groups -OCH3 is 1. The molecule has 0 saturated heterocycles. The number of carbonyl (C=O) groups is 2. The number of carboxylic acids is 2. The predicted molar refractivity (Wildman–Crippen MR) is 92.8 cm³/mol. The smallest absolute Gasteiger partial charge is 0.336 e. The molecule has 26 heavy (non-hydrogen) atoms. The molecule has 0 radical (unpaired) electrons. The zero-order valence-corrected chi connectivity index (χ0v) is 13.6. The average Bonchev–Trinajstić information content (AvgIpc) is 2.65. The maximum absolute atomic E-state index is 11.5. The molecule has 0 aliphatic rings. The highest BCUT2D eigenvalue weighted by Gasteiger charge is 2.12. The molecule has 0 atom stereocenters. The number of ether oxygens (including phenoxy) is 1. The number of azo groups is 1. The summed E-state index contributed by atoms with van der Waals surface area (Å²) in [6.45, 7) is 0. The lowest BCUT2D eigenvalue weighted by molar-refractivity contribution is 0.0687. The number of para-hydroxylation sites is 1. The summed E-state index contributed by atoms with van der Waals surface area (Å²) in [4.78, 5) is 26.8. The van der Waals surface area contributed by atoms with Crippen LogP contribution in [0.15, 0.2) is 58.8 Å². The second-order valence-electron chi connectivity index (χ2n) is 5.24. The van der Waals surface area contributed by atoms with E-state index in [2.05, 4.69) is 15.2 Å². The molecular weight excluding hydrogens is 338 g/mol. The number of carboxylic acid groups (broad SMARTS) is 2. The topological polar surface area (TPSA) is 121 Å². The molecular formula is C18H13N3O5. The van der Waals surface area contributed by atoms with Crippen LogP contribution in [0.2, 0.25) is 0 Å². The summed E-state index contributed by atoms with van der Waals surface area (Å²) in [5, 5.41) is 26.9. The first kappa shape index (κ1) is 17.0. The lowest BCUT2D eigenvalue weighted by Crippen LogP contribution is -1.98. The van der Waals surface area contributed by atoms with E-state index in [1.165, 1.54) is 31.4 Å². The Hall–Kier alpha value is -3.81. The van der Waals surface area contributed by atoms with Crippen LogP contribution in [0.5, 0.6) is 5.75 Å². The van der Waals surface area contributed by atoms with Gasteiger partial charge in [-0.25, -0.2) is 14.6 Å². The Morgan fingerprint density at radius 1 is 1.00 bits per heavy atom. The fourth-order valence-electron chi connectivity index (χ4n) is 2.39. The second kappa shape index (κ2) is 6.98. The highest BCUT2D eigenvalue weighted by atomic mass is 16.5. The number of rotatable bonds is 5. The quantitative estimate of drug-likeness (QED) is 0.669. The van der Waals surface area contributed by atoms with Crippen LogP contribution >= 0.6 is 0 Å². The van der Waals surface area contributed by atoms with Gasteiger partial charge in [-0.05, 0) is 30.3 Å². The number of benzene rings is 2. The lowest BCUT2D eigenvalue weighted by atomic mass is 10.1. The van der Waals surface area contributed by atoms with Gasteiger partial charge in [-0.2, -0.15) is 0 Å². The third-order valence-electron chi connectivity index (χ3n) is 3.62. The van der Waals surface area contributed by atoms with E-state index in [9.17, 15) is 14.7 Å². The van der Waals surface area contributed by atoms with Crippen LogP contribution in [-0.2, 0) is 0 Å². The maximum atomic E-state index is 11.5. The number of pyridine rings is 1. The number of nitrogens with zero attached hydrogens (tertiary/aromatic N) is 3. The Bertz CT molecular complexity index is 1050. The Balaban J connectivity index is 2.03. The van der Waals surface area contributed by atoms with Gasteiger partial charge in [-0.15, -0.1) is 10.2 Å². The molecule has 8 heteroatoms. The van der Waals surface area contributed by atoms with Crippen molar-refractivity contribution in [1.29, 1.82) is 0 Å². The van der Waals surface area contributed by atoms with E-state index < -0.39 is 11.9 Å². The minimum absolute atomic E-state index is 0.0535. The van der Waals surface area contributed by atoms with Gasteiger partial charge in [0, 0.05) is 5.39 Å². The molecule has 0 bridgehead atoms. The summed E-state index contributed by atoms with van der Waals surface area (Å²) in [7, 11) is 1.39. The molecule has 130 valence electrons. The fraction of sp³-hybridized carbons (Fsp3) is 0.0556. The Morgan fingerprint density at radius 2 is 1.77 bits per heavy atom. The van der Waals surface area contributed by atoms with Gasteiger partial charge < -0.3 is 14.9 Å². The van der Waals surface area contributed by atoms with E-state index in [0.29, 0.717) is 16.6 Å². The average molecular weight is 351 g/mol. The molecule has 0 unspecified atom stereocenters. The first-order valence-corrected chi connectivity index (χ1v) is 7.45. The van der Waals surface area contributed by atoms with Crippen molar-refractivity contribution >= 4 is 34.3 Å². The lowest BCUT2D eigenvalue weighted by Gasteiger charge is -2.05. The molecule has 0 saturated carbocycles. The largest absolute Gasteiger partial charge is 0.494 e. The minimum Gasteiger partial charge on any atom is -0.494 e. The van der Waals surface area contributed by atoms with Crippen molar-refractivity contribution in [3.63, 3.8) is 0 Å². The van der Waals surface area contributed by atoms with Crippen molar-refractivity contribution in [3.8, 4) is 5.75 Å². The molecule has 0 spiro atoms. The standard InChI is InChI=1S/C18H13N3O5/c1-26-15-8-10(17(22)23)6-7-14(15)20-21-16-9-12(18(24)25)11-4-2-3-5-13(11)19-16/h2-9H,1H3,(H,22,23)(H,24,25). The zero-order valence-electron chi connectivity index (χ0n) is 13.6. The van der Waals surface area contributed by atoms with Crippen LogP contribution in [0.25, 0.3) is 10.9 Å². The Morgan fingerprint density at radius 3 is 2.46 bits per heavy atom. The summed E-state index contributed by atoms with van der Waals surface area (Å²) in [6.07, 6.45) is 0. The van der Waals surface area contributed by atoms with Gasteiger partial charge in [0.2, 0.25) is 0 Å². The molecule has 1 heterocycles. The molecule has 0 fully saturated rings. The van der Waals surface area contributed by atoms with E-state index in [4.69, 9.17) is 9.84 Å². The normalized spacial score (nSPS) is 11.0. The number of fused-ring (bicyclic) bond motifs is 1. The number of aromatic nitrogens is 1. The van der Waals surface area contributed by atoms with Gasteiger partial charge >= 0.3 is 11.9 Å². The second-order valence-corrected chi connectivity index (χ2v) is 5.24. The van der Waals surface area contributed by atoms with Gasteiger partial charge in [0.25, 0.3) is 0 Å². The van der Waals surface area contributed by atoms with E-state index >= 15 is 0 Å². The highest BCUT2D eigenvalue weighted by Crippen LogP contribution is 2.30.